The van der Waals surface area contributed by atoms with E-state index in [2.05, 4.69) is 19.2 Å². The first-order valence-corrected chi connectivity index (χ1v) is 8.33. The van der Waals surface area contributed by atoms with E-state index < -0.39 is 10.0 Å². The summed E-state index contributed by atoms with van der Waals surface area (Å²) in [5.41, 5.74) is 0. The van der Waals surface area contributed by atoms with Crippen LogP contribution in [0.1, 0.15) is 40.0 Å². The maximum atomic E-state index is 12.0. The van der Waals surface area contributed by atoms with Gasteiger partial charge in [-0.25, -0.2) is 12.7 Å². The highest BCUT2D eigenvalue weighted by molar-refractivity contribution is 7.89. The Bertz CT molecular complexity index is 316. The third-order valence-electron chi connectivity index (χ3n) is 3.51. The standard InChI is InChI=1S/C12H26N2O2S/c1-4-9-17(15,16)14-8-6-7-12(10-14)11(3)13-5-2/h11-13H,4-10H2,1-3H3. The van der Waals surface area contributed by atoms with E-state index >= 15 is 0 Å². The summed E-state index contributed by atoms with van der Waals surface area (Å²) in [7, 11) is -3.01. The van der Waals surface area contributed by atoms with Gasteiger partial charge < -0.3 is 5.32 Å². The Morgan fingerprint density at radius 2 is 2.12 bits per heavy atom. The van der Waals surface area contributed by atoms with Gasteiger partial charge in [-0.15, -0.1) is 0 Å². The minimum atomic E-state index is -3.01. The second-order valence-corrected chi connectivity index (χ2v) is 7.01. The van der Waals surface area contributed by atoms with Crippen molar-refractivity contribution in [1.29, 1.82) is 0 Å². The molecule has 1 rings (SSSR count). The molecule has 0 amide bonds. The smallest absolute Gasteiger partial charge is 0.214 e. The van der Waals surface area contributed by atoms with Gasteiger partial charge in [-0.05, 0) is 38.6 Å². The summed E-state index contributed by atoms with van der Waals surface area (Å²) in [6, 6.07) is 0.402. The molecule has 4 nitrogen and oxygen atoms in total. The van der Waals surface area contributed by atoms with Crippen molar-refractivity contribution < 1.29 is 8.42 Å². The van der Waals surface area contributed by atoms with Crippen molar-refractivity contribution in [3.05, 3.63) is 0 Å². The molecular weight excluding hydrogens is 236 g/mol. The molecule has 0 aromatic heterocycles. The van der Waals surface area contributed by atoms with Crippen molar-refractivity contribution >= 4 is 10.0 Å². The minimum absolute atomic E-state index is 0.287. The summed E-state index contributed by atoms with van der Waals surface area (Å²) in [4.78, 5) is 0. The van der Waals surface area contributed by atoms with Gasteiger partial charge in [0.1, 0.15) is 0 Å². The summed E-state index contributed by atoms with van der Waals surface area (Å²) >= 11 is 0. The van der Waals surface area contributed by atoms with E-state index in [1.54, 1.807) is 4.31 Å². The van der Waals surface area contributed by atoms with Crippen LogP contribution in [0, 0.1) is 5.92 Å². The normalized spacial score (nSPS) is 24.8. The highest BCUT2D eigenvalue weighted by Crippen LogP contribution is 2.22. The summed E-state index contributed by atoms with van der Waals surface area (Å²) in [6.07, 6.45) is 2.82. The van der Waals surface area contributed by atoms with Crippen LogP contribution in [0.25, 0.3) is 0 Å². The number of rotatable bonds is 6. The predicted octanol–water partition coefficient (Wildman–Crippen LogP) is 1.44. The molecule has 0 radical (unpaired) electrons. The third-order valence-corrected chi connectivity index (χ3v) is 5.55. The number of sulfonamides is 1. The van der Waals surface area contributed by atoms with Gasteiger partial charge in [-0.2, -0.15) is 0 Å². The molecule has 5 heteroatoms. The summed E-state index contributed by atoms with van der Waals surface area (Å²) in [5.74, 6) is 0.741. The third kappa shape index (κ3) is 4.23. The van der Waals surface area contributed by atoms with Crippen LogP contribution in [0.5, 0.6) is 0 Å². The Hall–Kier alpha value is -0.130. The molecule has 0 aromatic rings. The Balaban J connectivity index is 2.60. The molecule has 1 fully saturated rings. The fraction of sp³-hybridized carbons (Fsp3) is 1.00. The molecule has 0 spiro atoms. The molecular formula is C12H26N2O2S. The first-order valence-electron chi connectivity index (χ1n) is 6.72. The maximum Gasteiger partial charge on any atom is 0.214 e. The van der Waals surface area contributed by atoms with Crippen molar-refractivity contribution in [2.24, 2.45) is 5.92 Å². The average molecular weight is 262 g/mol. The fourth-order valence-corrected chi connectivity index (χ4v) is 4.11. The van der Waals surface area contributed by atoms with Crippen LogP contribution in [-0.2, 0) is 10.0 Å². The maximum absolute atomic E-state index is 12.0. The molecule has 0 aromatic carbocycles. The van der Waals surface area contributed by atoms with Crippen molar-refractivity contribution in [2.75, 3.05) is 25.4 Å². The van der Waals surface area contributed by atoms with Crippen LogP contribution in [-0.4, -0.2) is 44.2 Å². The molecule has 1 heterocycles. The second-order valence-electron chi connectivity index (χ2n) is 4.92. The van der Waals surface area contributed by atoms with Gasteiger partial charge in [0.05, 0.1) is 5.75 Å². The summed E-state index contributed by atoms with van der Waals surface area (Å²) in [5, 5.41) is 3.40. The molecule has 1 aliphatic rings. The number of nitrogens with one attached hydrogen (secondary N) is 1. The van der Waals surface area contributed by atoms with Crippen LogP contribution in [0.4, 0.5) is 0 Å². The monoisotopic (exact) mass is 262 g/mol. The van der Waals surface area contributed by atoms with E-state index in [0.717, 1.165) is 19.4 Å². The van der Waals surface area contributed by atoms with Crippen molar-refractivity contribution in [1.82, 2.24) is 9.62 Å². The van der Waals surface area contributed by atoms with Gasteiger partial charge in [0, 0.05) is 19.1 Å². The number of hydrogen-bond donors (Lipinski definition) is 1. The zero-order valence-corrected chi connectivity index (χ0v) is 12.1. The first kappa shape index (κ1) is 14.9. The van der Waals surface area contributed by atoms with Gasteiger partial charge in [0.25, 0.3) is 0 Å². The number of piperidine rings is 1. The molecule has 1 aliphatic heterocycles. The average Bonchev–Trinajstić information content (AvgIpc) is 2.29. The Morgan fingerprint density at radius 1 is 1.41 bits per heavy atom. The molecule has 0 aliphatic carbocycles. The van der Waals surface area contributed by atoms with E-state index in [9.17, 15) is 8.42 Å². The van der Waals surface area contributed by atoms with E-state index in [0.29, 0.717) is 31.5 Å². The van der Waals surface area contributed by atoms with E-state index in [4.69, 9.17) is 0 Å². The minimum Gasteiger partial charge on any atom is -0.314 e. The first-order chi connectivity index (χ1) is 8.01. The highest BCUT2D eigenvalue weighted by Gasteiger charge is 2.30. The summed E-state index contributed by atoms with van der Waals surface area (Å²) < 4.78 is 25.7. The van der Waals surface area contributed by atoms with Gasteiger partial charge in [0.15, 0.2) is 0 Å². The van der Waals surface area contributed by atoms with Crippen molar-refractivity contribution in [2.45, 2.75) is 46.1 Å². The van der Waals surface area contributed by atoms with E-state index in [1.807, 2.05) is 6.92 Å². The van der Waals surface area contributed by atoms with E-state index in [-0.39, 0.29) is 5.75 Å². The quantitative estimate of drug-likeness (QED) is 0.788. The lowest BCUT2D eigenvalue weighted by atomic mass is 9.93. The molecule has 2 unspecified atom stereocenters. The Labute approximate surface area is 106 Å². The molecule has 102 valence electrons. The Kier molecular flexibility index (Phi) is 5.89. The zero-order valence-electron chi connectivity index (χ0n) is 11.3. The predicted molar refractivity (Wildman–Crippen MR) is 71.5 cm³/mol. The lowest BCUT2D eigenvalue weighted by Gasteiger charge is -2.35. The van der Waals surface area contributed by atoms with Gasteiger partial charge in [0.2, 0.25) is 10.0 Å². The van der Waals surface area contributed by atoms with Crippen molar-refractivity contribution in [3.63, 3.8) is 0 Å². The summed E-state index contributed by atoms with van der Waals surface area (Å²) in [6.45, 7) is 8.50. The second kappa shape index (κ2) is 6.71. The van der Waals surface area contributed by atoms with Crippen LogP contribution in [0.15, 0.2) is 0 Å². The van der Waals surface area contributed by atoms with E-state index in [1.165, 1.54) is 0 Å². The largest absolute Gasteiger partial charge is 0.314 e. The molecule has 0 bridgehead atoms. The number of hydrogen-bond acceptors (Lipinski definition) is 3. The number of nitrogens with zero attached hydrogens (tertiary/aromatic N) is 1. The van der Waals surface area contributed by atoms with Crippen LogP contribution >= 0.6 is 0 Å². The zero-order chi connectivity index (χ0) is 12.9. The van der Waals surface area contributed by atoms with Gasteiger partial charge >= 0.3 is 0 Å². The molecule has 0 saturated carbocycles. The lowest BCUT2D eigenvalue weighted by molar-refractivity contribution is 0.225. The van der Waals surface area contributed by atoms with Gasteiger partial charge in [-0.1, -0.05) is 13.8 Å². The van der Waals surface area contributed by atoms with Gasteiger partial charge in [-0.3, -0.25) is 0 Å². The Morgan fingerprint density at radius 3 is 2.71 bits per heavy atom. The molecule has 2 atom stereocenters. The van der Waals surface area contributed by atoms with Crippen LogP contribution < -0.4 is 5.32 Å². The molecule has 17 heavy (non-hydrogen) atoms. The fourth-order valence-electron chi connectivity index (χ4n) is 2.51. The van der Waals surface area contributed by atoms with Crippen LogP contribution in [0.3, 0.4) is 0 Å². The SMILES string of the molecule is CCCS(=O)(=O)N1CCCC(C(C)NCC)C1. The van der Waals surface area contributed by atoms with Crippen LogP contribution in [0.2, 0.25) is 0 Å². The van der Waals surface area contributed by atoms with Crippen molar-refractivity contribution in [3.8, 4) is 0 Å². The highest BCUT2D eigenvalue weighted by atomic mass is 32.2. The molecule has 1 N–H and O–H groups in total. The molecule has 1 saturated heterocycles. The lowest BCUT2D eigenvalue weighted by Crippen LogP contribution is -2.47. The topological polar surface area (TPSA) is 49.4 Å².